The number of methoxy groups -OCH3 is 1. The van der Waals surface area contributed by atoms with Crippen molar-refractivity contribution in [2.24, 2.45) is 0 Å². The van der Waals surface area contributed by atoms with Gasteiger partial charge in [-0.05, 0) is 30.3 Å². The molecule has 8 nitrogen and oxygen atoms in total. The normalized spacial score (nSPS) is 17.2. The van der Waals surface area contributed by atoms with Gasteiger partial charge >= 0.3 is 0 Å². The molecule has 0 saturated carbocycles. The number of nitrogens with one attached hydrogen (secondary N) is 2. The number of fused-ring (bicyclic) bond motifs is 1. The fourth-order valence-corrected chi connectivity index (χ4v) is 4.00. The van der Waals surface area contributed by atoms with Crippen LogP contribution in [0.15, 0.2) is 36.5 Å². The van der Waals surface area contributed by atoms with Gasteiger partial charge in [0.05, 0.1) is 24.2 Å². The van der Waals surface area contributed by atoms with Gasteiger partial charge in [0.15, 0.2) is 0 Å². The Balaban J connectivity index is 1.32. The topological polar surface area (TPSA) is 92.8 Å². The molecule has 1 saturated heterocycles. The van der Waals surface area contributed by atoms with Gasteiger partial charge < -0.3 is 25.0 Å². The van der Waals surface area contributed by atoms with Gasteiger partial charge in [-0.25, -0.2) is 4.98 Å². The zero-order chi connectivity index (χ0) is 21.8. The summed E-state index contributed by atoms with van der Waals surface area (Å²) < 4.78 is 11.5. The van der Waals surface area contributed by atoms with Crippen molar-refractivity contribution in [1.82, 2.24) is 15.2 Å². The summed E-state index contributed by atoms with van der Waals surface area (Å²) in [5.74, 6) is 1.75. The first-order valence-corrected chi connectivity index (χ1v) is 10.6. The van der Waals surface area contributed by atoms with E-state index < -0.39 is 5.60 Å². The zero-order valence-corrected chi connectivity index (χ0v) is 18.1. The number of pyridine rings is 1. The summed E-state index contributed by atoms with van der Waals surface area (Å²) in [5, 5.41) is 6.67. The molecule has 0 bridgehead atoms. The summed E-state index contributed by atoms with van der Waals surface area (Å²) >= 11 is 5.83. The third-order valence-electron chi connectivity index (χ3n) is 5.73. The highest BCUT2D eigenvalue weighted by atomic mass is 35.5. The highest BCUT2D eigenvalue weighted by Gasteiger charge is 2.40. The van der Waals surface area contributed by atoms with Crippen molar-refractivity contribution in [1.29, 1.82) is 0 Å². The molecule has 4 rings (SSSR count). The second-order valence-electron chi connectivity index (χ2n) is 7.75. The Labute approximate surface area is 185 Å². The maximum atomic E-state index is 12.6. The van der Waals surface area contributed by atoms with E-state index in [1.165, 1.54) is 0 Å². The summed E-state index contributed by atoms with van der Waals surface area (Å²) in [4.78, 5) is 31.1. The third kappa shape index (κ3) is 4.85. The average Bonchev–Trinajstić information content (AvgIpc) is 2.92. The van der Waals surface area contributed by atoms with Crippen molar-refractivity contribution < 1.29 is 19.1 Å². The monoisotopic (exact) mass is 444 g/mol. The minimum Gasteiger partial charge on any atom is -0.497 e. The van der Waals surface area contributed by atoms with Crippen LogP contribution >= 0.6 is 11.6 Å². The maximum absolute atomic E-state index is 12.6. The smallest absolute Gasteiger partial charge is 0.255 e. The van der Waals surface area contributed by atoms with Crippen LogP contribution < -0.4 is 20.1 Å². The molecular weight excluding hydrogens is 420 g/mol. The van der Waals surface area contributed by atoms with E-state index >= 15 is 0 Å². The van der Waals surface area contributed by atoms with Gasteiger partial charge in [0.1, 0.15) is 22.9 Å². The molecule has 0 atom stereocenters. The minimum atomic E-state index is -0.516. The number of hydrogen-bond donors (Lipinski definition) is 2. The largest absolute Gasteiger partial charge is 0.497 e. The van der Waals surface area contributed by atoms with Crippen LogP contribution in [0.1, 0.15) is 29.6 Å². The highest BCUT2D eigenvalue weighted by molar-refractivity contribution is 6.30. The number of benzene rings is 1. The molecule has 9 heteroatoms. The number of halogens is 1. The van der Waals surface area contributed by atoms with Crippen molar-refractivity contribution >= 4 is 29.2 Å². The lowest BCUT2D eigenvalue weighted by Crippen LogP contribution is -2.54. The van der Waals surface area contributed by atoms with Crippen LogP contribution in [0.4, 0.5) is 5.82 Å². The van der Waals surface area contributed by atoms with E-state index in [-0.39, 0.29) is 11.8 Å². The number of carbonyl (C=O) groups is 2. The number of aromatic nitrogens is 1. The van der Waals surface area contributed by atoms with Gasteiger partial charge in [-0.2, -0.15) is 0 Å². The maximum Gasteiger partial charge on any atom is 0.255 e. The molecule has 0 radical (unpaired) electrons. The quantitative estimate of drug-likeness (QED) is 0.736. The molecule has 2 aliphatic rings. The molecule has 1 aromatic heterocycles. The number of likely N-dealkylation sites (tertiary alicyclic amines) is 1. The number of ether oxygens (including phenoxy) is 2. The van der Waals surface area contributed by atoms with Crippen LogP contribution in [0.5, 0.6) is 11.5 Å². The van der Waals surface area contributed by atoms with Crippen molar-refractivity contribution in [3.63, 3.8) is 0 Å². The molecule has 3 heterocycles. The first kappa shape index (κ1) is 21.2. The van der Waals surface area contributed by atoms with Gasteiger partial charge in [-0.15, -0.1) is 0 Å². The summed E-state index contributed by atoms with van der Waals surface area (Å²) in [5.41, 5.74) is -0.0470. The Bertz CT molecular complexity index is 958. The lowest BCUT2D eigenvalue weighted by atomic mass is 9.90. The molecule has 2 aromatic rings. The van der Waals surface area contributed by atoms with Gasteiger partial charge in [0, 0.05) is 45.1 Å². The number of anilines is 1. The standard InChI is InChI=1S/C22H25ClN4O4/c1-30-16-3-4-18-17(12-16)21(29)26-14-22(31-18)7-10-27(11-8-22)20(28)6-9-24-19-5-2-15(23)13-25-19/h2-5,12-13H,6-11,14H2,1H3,(H,24,25)(H,26,29). The molecule has 164 valence electrons. The second kappa shape index (κ2) is 9.01. The summed E-state index contributed by atoms with van der Waals surface area (Å²) in [7, 11) is 1.56. The third-order valence-corrected chi connectivity index (χ3v) is 5.95. The molecule has 2 N–H and O–H groups in total. The minimum absolute atomic E-state index is 0.0825. The summed E-state index contributed by atoms with van der Waals surface area (Å²) in [6, 6.07) is 8.77. The van der Waals surface area contributed by atoms with E-state index in [0.29, 0.717) is 73.3 Å². The van der Waals surface area contributed by atoms with Gasteiger partial charge in [-0.1, -0.05) is 11.6 Å². The molecule has 2 amide bonds. The van der Waals surface area contributed by atoms with Crippen molar-refractivity contribution in [3.8, 4) is 11.5 Å². The van der Waals surface area contributed by atoms with Gasteiger partial charge in [0.25, 0.3) is 5.91 Å². The Morgan fingerprint density at radius 3 is 2.84 bits per heavy atom. The van der Waals surface area contributed by atoms with Crippen molar-refractivity contribution in [2.45, 2.75) is 24.9 Å². The molecule has 0 aliphatic carbocycles. The van der Waals surface area contributed by atoms with E-state index in [1.807, 2.05) is 4.90 Å². The van der Waals surface area contributed by atoms with E-state index in [9.17, 15) is 9.59 Å². The second-order valence-corrected chi connectivity index (χ2v) is 8.19. The lowest BCUT2D eigenvalue weighted by molar-refractivity contribution is -0.134. The van der Waals surface area contributed by atoms with Crippen molar-refractivity contribution in [2.75, 3.05) is 38.6 Å². The first-order valence-electron chi connectivity index (χ1n) is 10.3. The van der Waals surface area contributed by atoms with Crippen LogP contribution in [-0.4, -0.2) is 60.6 Å². The fourth-order valence-electron chi connectivity index (χ4n) is 3.89. The van der Waals surface area contributed by atoms with Crippen LogP contribution in [0.2, 0.25) is 5.02 Å². The number of amides is 2. The molecule has 2 aliphatic heterocycles. The zero-order valence-electron chi connectivity index (χ0n) is 17.3. The molecular formula is C22H25ClN4O4. The fraction of sp³-hybridized carbons (Fsp3) is 0.409. The molecule has 1 spiro atoms. The molecule has 31 heavy (non-hydrogen) atoms. The van der Waals surface area contributed by atoms with E-state index in [4.69, 9.17) is 21.1 Å². The SMILES string of the molecule is COc1ccc2c(c1)C(=O)NCC1(CCN(C(=O)CCNc3ccc(Cl)cn3)CC1)O2. The number of hydrogen-bond acceptors (Lipinski definition) is 6. The Kier molecular flexibility index (Phi) is 6.18. The predicted octanol–water partition coefficient (Wildman–Crippen LogP) is 2.73. The molecule has 1 fully saturated rings. The van der Waals surface area contributed by atoms with Gasteiger partial charge in [0.2, 0.25) is 5.91 Å². The number of carbonyl (C=O) groups excluding carboxylic acids is 2. The average molecular weight is 445 g/mol. The molecule has 1 aromatic carbocycles. The Morgan fingerprint density at radius 2 is 2.13 bits per heavy atom. The first-order chi connectivity index (χ1) is 15.0. The number of nitrogens with zero attached hydrogens (tertiary/aromatic N) is 2. The summed E-state index contributed by atoms with van der Waals surface area (Å²) in [6.45, 7) is 2.07. The Morgan fingerprint density at radius 1 is 1.32 bits per heavy atom. The van der Waals surface area contributed by atoms with Gasteiger partial charge in [-0.3, -0.25) is 9.59 Å². The summed E-state index contributed by atoms with van der Waals surface area (Å²) in [6.07, 6.45) is 3.24. The van der Waals surface area contributed by atoms with Crippen LogP contribution in [-0.2, 0) is 4.79 Å². The van der Waals surface area contributed by atoms with Crippen LogP contribution in [0.25, 0.3) is 0 Å². The van der Waals surface area contributed by atoms with Crippen LogP contribution in [0, 0.1) is 0 Å². The van der Waals surface area contributed by atoms with E-state index in [1.54, 1.807) is 43.6 Å². The number of piperidine rings is 1. The van der Waals surface area contributed by atoms with Crippen molar-refractivity contribution in [3.05, 3.63) is 47.1 Å². The van der Waals surface area contributed by atoms with E-state index in [2.05, 4.69) is 15.6 Å². The van der Waals surface area contributed by atoms with E-state index in [0.717, 1.165) is 0 Å². The highest BCUT2D eigenvalue weighted by Crippen LogP contribution is 2.34. The predicted molar refractivity (Wildman–Crippen MR) is 117 cm³/mol. The lowest BCUT2D eigenvalue weighted by Gasteiger charge is -2.41. The number of rotatable bonds is 5. The van der Waals surface area contributed by atoms with Crippen LogP contribution in [0.3, 0.4) is 0 Å². The molecule has 0 unspecified atom stereocenters. The Hall–Kier alpha value is -3.00.